The lowest BCUT2D eigenvalue weighted by Crippen LogP contribution is -2.04. The third kappa shape index (κ3) is 15.1. The third-order valence-corrected chi connectivity index (χ3v) is 3.40. The Bertz CT molecular complexity index is 226. The Morgan fingerprint density at radius 3 is 1.75 bits per heavy atom. The summed E-state index contributed by atoms with van der Waals surface area (Å²) in [4.78, 5) is 10.8. The predicted molar refractivity (Wildman–Crippen MR) is 83.7 cm³/mol. The second-order valence-corrected chi connectivity index (χ2v) is 5.27. The number of ether oxygens (including phenoxy) is 2. The summed E-state index contributed by atoms with van der Waals surface area (Å²) in [5, 5.41) is 0. The standard InChI is InChI=1S/C17H32O3/c1-3-5-6-7-8-9-10-11-12-13-14-15-16-20-17(18)19-4-2/h4H,2-3,5-16H2,1H3. The number of unbranched alkanes of at least 4 members (excludes halogenated alkanes) is 11. The van der Waals surface area contributed by atoms with Crippen molar-refractivity contribution in [2.24, 2.45) is 0 Å². The summed E-state index contributed by atoms with van der Waals surface area (Å²) < 4.78 is 9.29. The molecule has 0 amide bonds. The van der Waals surface area contributed by atoms with Crippen LogP contribution in [0, 0.1) is 0 Å². The molecule has 0 fully saturated rings. The van der Waals surface area contributed by atoms with Crippen molar-refractivity contribution in [3.63, 3.8) is 0 Å². The van der Waals surface area contributed by atoms with Crippen LogP contribution in [0.2, 0.25) is 0 Å². The van der Waals surface area contributed by atoms with Crippen LogP contribution in [0.25, 0.3) is 0 Å². The fraction of sp³-hybridized carbons (Fsp3) is 0.824. The van der Waals surface area contributed by atoms with Crippen molar-refractivity contribution in [1.82, 2.24) is 0 Å². The molecule has 0 atom stereocenters. The number of carbonyl (C=O) groups is 1. The van der Waals surface area contributed by atoms with Crippen molar-refractivity contribution in [1.29, 1.82) is 0 Å². The van der Waals surface area contributed by atoms with Crippen LogP contribution < -0.4 is 0 Å². The van der Waals surface area contributed by atoms with Gasteiger partial charge in [0.15, 0.2) is 0 Å². The molecule has 0 rings (SSSR count). The highest BCUT2D eigenvalue weighted by Crippen LogP contribution is 2.11. The van der Waals surface area contributed by atoms with Crippen LogP contribution in [-0.4, -0.2) is 12.8 Å². The van der Waals surface area contributed by atoms with E-state index >= 15 is 0 Å². The van der Waals surface area contributed by atoms with Crippen LogP contribution in [0.15, 0.2) is 12.8 Å². The Labute approximate surface area is 124 Å². The second kappa shape index (κ2) is 16.1. The van der Waals surface area contributed by atoms with Gasteiger partial charge in [-0.1, -0.05) is 84.1 Å². The third-order valence-electron chi connectivity index (χ3n) is 3.40. The molecular weight excluding hydrogens is 252 g/mol. The van der Waals surface area contributed by atoms with Crippen molar-refractivity contribution >= 4 is 6.16 Å². The molecule has 0 heterocycles. The lowest BCUT2D eigenvalue weighted by molar-refractivity contribution is 0.0833. The highest BCUT2D eigenvalue weighted by molar-refractivity contribution is 5.60. The van der Waals surface area contributed by atoms with Gasteiger partial charge >= 0.3 is 6.16 Å². The van der Waals surface area contributed by atoms with E-state index in [1.165, 1.54) is 64.2 Å². The van der Waals surface area contributed by atoms with Crippen molar-refractivity contribution < 1.29 is 14.3 Å². The smallest absolute Gasteiger partial charge is 0.434 e. The van der Waals surface area contributed by atoms with E-state index in [9.17, 15) is 4.79 Å². The maximum Gasteiger partial charge on any atom is 0.513 e. The van der Waals surface area contributed by atoms with Crippen LogP contribution in [0.3, 0.4) is 0 Å². The molecule has 0 N–H and O–H groups in total. The monoisotopic (exact) mass is 284 g/mol. The SMILES string of the molecule is C=COC(=O)OCCCCCCCCCCCCCC. The molecule has 20 heavy (non-hydrogen) atoms. The summed E-state index contributed by atoms with van der Waals surface area (Å²) in [5.41, 5.74) is 0. The summed E-state index contributed by atoms with van der Waals surface area (Å²) >= 11 is 0. The zero-order valence-electron chi connectivity index (χ0n) is 13.2. The van der Waals surface area contributed by atoms with Gasteiger partial charge in [0.2, 0.25) is 0 Å². The fourth-order valence-corrected chi connectivity index (χ4v) is 2.20. The van der Waals surface area contributed by atoms with Crippen molar-refractivity contribution in [2.75, 3.05) is 6.61 Å². The summed E-state index contributed by atoms with van der Waals surface area (Å²) in [5.74, 6) is 0. The Balaban J connectivity index is 3.02. The van der Waals surface area contributed by atoms with E-state index in [2.05, 4.69) is 18.2 Å². The Kier molecular flexibility index (Phi) is 15.3. The molecular formula is C17H32O3. The lowest BCUT2D eigenvalue weighted by Gasteiger charge is -2.04. The molecule has 3 heteroatoms. The largest absolute Gasteiger partial charge is 0.513 e. The molecule has 0 aliphatic rings. The summed E-state index contributed by atoms with van der Waals surface area (Å²) in [6.07, 6.45) is 16.0. The molecule has 0 radical (unpaired) electrons. The second-order valence-electron chi connectivity index (χ2n) is 5.27. The van der Waals surface area contributed by atoms with Crippen LogP contribution in [0.4, 0.5) is 4.79 Å². The molecule has 0 saturated heterocycles. The number of carbonyl (C=O) groups excluding carboxylic acids is 1. The number of hydrogen-bond donors (Lipinski definition) is 0. The molecule has 0 unspecified atom stereocenters. The van der Waals surface area contributed by atoms with Gasteiger partial charge in [0.25, 0.3) is 0 Å². The van der Waals surface area contributed by atoms with Crippen LogP contribution >= 0.6 is 0 Å². The quantitative estimate of drug-likeness (QED) is 0.223. The number of hydrogen-bond acceptors (Lipinski definition) is 3. The van der Waals surface area contributed by atoms with E-state index in [4.69, 9.17) is 4.74 Å². The van der Waals surface area contributed by atoms with Gasteiger partial charge in [0, 0.05) is 0 Å². The van der Waals surface area contributed by atoms with E-state index in [1.54, 1.807) is 0 Å². The highest BCUT2D eigenvalue weighted by Gasteiger charge is 2.00. The van der Waals surface area contributed by atoms with Crippen LogP contribution in [0.1, 0.15) is 84.0 Å². The minimum atomic E-state index is -0.650. The van der Waals surface area contributed by atoms with Gasteiger partial charge in [0.1, 0.15) is 0 Å². The van der Waals surface area contributed by atoms with Crippen LogP contribution in [0.5, 0.6) is 0 Å². The minimum Gasteiger partial charge on any atom is -0.434 e. The van der Waals surface area contributed by atoms with E-state index < -0.39 is 6.16 Å². The molecule has 3 nitrogen and oxygen atoms in total. The van der Waals surface area contributed by atoms with E-state index in [-0.39, 0.29) is 0 Å². The van der Waals surface area contributed by atoms with Crippen molar-refractivity contribution in [2.45, 2.75) is 84.0 Å². The van der Waals surface area contributed by atoms with Gasteiger partial charge in [-0.3, -0.25) is 0 Å². The van der Waals surface area contributed by atoms with E-state index in [0.717, 1.165) is 19.1 Å². The van der Waals surface area contributed by atoms with Gasteiger partial charge in [-0.2, -0.15) is 0 Å². The summed E-state index contributed by atoms with van der Waals surface area (Å²) in [6, 6.07) is 0. The Morgan fingerprint density at radius 1 is 0.850 bits per heavy atom. The first-order valence-corrected chi connectivity index (χ1v) is 8.25. The zero-order chi connectivity index (χ0) is 14.9. The zero-order valence-corrected chi connectivity index (χ0v) is 13.2. The molecule has 0 bridgehead atoms. The molecule has 0 spiro atoms. The van der Waals surface area contributed by atoms with Crippen molar-refractivity contribution in [3.05, 3.63) is 12.8 Å². The molecule has 0 aromatic heterocycles. The van der Waals surface area contributed by atoms with Crippen LogP contribution in [-0.2, 0) is 9.47 Å². The van der Waals surface area contributed by atoms with Crippen molar-refractivity contribution in [3.8, 4) is 0 Å². The lowest BCUT2D eigenvalue weighted by atomic mass is 10.1. The van der Waals surface area contributed by atoms with Gasteiger partial charge < -0.3 is 9.47 Å². The summed E-state index contributed by atoms with van der Waals surface area (Å²) in [6.45, 7) is 6.00. The van der Waals surface area contributed by atoms with E-state index in [0.29, 0.717) is 6.61 Å². The molecule has 0 saturated carbocycles. The number of rotatable bonds is 14. The fourth-order valence-electron chi connectivity index (χ4n) is 2.20. The van der Waals surface area contributed by atoms with Gasteiger partial charge in [-0.15, -0.1) is 0 Å². The minimum absolute atomic E-state index is 0.449. The Hall–Kier alpha value is -0.990. The molecule has 0 aromatic rings. The molecule has 0 aromatic carbocycles. The highest BCUT2D eigenvalue weighted by atomic mass is 16.7. The first-order chi connectivity index (χ1) is 9.81. The molecule has 0 aliphatic heterocycles. The van der Waals surface area contributed by atoms with E-state index in [1.807, 2.05) is 0 Å². The maximum absolute atomic E-state index is 10.8. The summed E-state index contributed by atoms with van der Waals surface area (Å²) in [7, 11) is 0. The predicted octanol–water partition coefficient (Wildman–Crippen LogP) is 5.98. The first kappa shape index (κ1) is 19.0. The average molecular weight is 284 g/mol. The van der Waals surface area contributed by atoms with Gasteiger partial charge in [-0.25, -0.2) is 4.79 Å². The molecule has 0 aliphatic carbocycles. The van der Waals surface area contributed by atoms with Gasteiger partial charge in [-0.05, 0) is 6.42 Å². The topological polar surface area (TPSA) is 35.5 Å². The normalized spacial score (nSPS) is 10.2. The Morgan fingerprint density at radius 2 is 1.30 bits per heavy atom. The maximum atomic E-state index is 10.8. The first-order valence-electron chi connectivity index (χ1n) is 8.25. The average Bonchev–Trinajstić information content (AvgIpc) is 2.44. The molecule has 118 valence electrons. The van der Waals surface area contributed by atoms with Gasteiger partial charge in [0.05, 0.1) is 12.9 Å².